The SMILES string of the molecule is Cc1ccc(Cn2ccccc2=NC(=O)CCCc2cccs2)cc1. The summed E-state index contributed by atoms with van der Waals surface area (Å²) in [4.78, 5) is 17.9. The number of carbonyl (C=O) groups excluding carboxylic acids is 1. The molecule has 0 atom stereocenters. The number of hydrogen-bond donors (Lipinski definition) is 0. The van der Waals surface area contributed by atoms with Crippen LogP contribution in [0.25, 0.3) is 0 Å². The van der Waals surface area contributed by atoms with Crippen LogP contribution in [0.3, 0.4) is 0 Å². The monoisotopic (exact) mass is 350 g/mol. The Morgan fingerprint density at radius 1 is 1.08 bits per heavy atom. The van der Waals surface area contributed by atoms with E-state index < -0.39 is 0 Å². The summed E-state index contributed by atoms with van der Waals surface area (Å²) in [6, 6.07) is 18.4. The average Bonchev–Trinajstić information content (AvgIpc) is 3.12. The van der Waals surface area contributed by atoms with E-state index >= 15 is 0 Å². The van der Waals surface area contributed by atoms with Gasteiger partial charge in [0.2, 0.25) is 5.91 Å². The summed E-state index contributed by atoms with van der Waals surface area (Å²) in [5.41, 5.74) is 3.15. The van der Waals surface area contributed by atoms with Crippen LogP contribution in [0, 0.1) is 6.92 Å². The molecule has 0 unspecified atom stereocenters. The molecule has 0 N–H and O–H groups in total. The molecule has 0 saturated heterocycles. The molecular weight excluding hydrogens is 328 g/mol. The summed E-state index contributed by atoms with van der Waals surface area (Å²) in [6.07, 6.45) is 4.24. The molecule has 0 aliphatic carbocycles. The second kappa shape index (κ2) is 8.58. The van der Waals surface area contributed by atoms with Gasteiger partial charge in [-0.2, -0.15) is 4.99 Å². The molecule has 3 nitrogen and oxygen atoms in total. The first-order chi connectivity index (χ1) is 12.2. The standard InChI is InChI=1S/C21H22N2OS/c1-17-10-12-18(13-11-17)16-23-14-3-2-8-20(23)22-21(24)9-4-6-19-7-5-15-25-19/h2-3,5,7-8,10-15H,4,6,9,16H2,1H3. The lowest BCUT2D eigenvalue weighted by atomic mass is 10.1. The number of aromatic nitrogens is 1. The quantitative estimate of drug-likeness (QED) is 0.650. The maximum Gasteiger partial charge on any atom is 0.247 e. The third kappa shape index (κ3) is 5.26. The van der Waals surface area contributed by atoms with Crippen molar-refractivity contribution in [3.05, 3.63) is 87.7 Å². The second-order valence-electron chi connectivity index (χ2n) is 6.11. The number of hydrogen-bond acceptors (Lipinski definition) is 2. The maximum atomic E-state index is 12.2. The molecule has 0 saturated carbocycles. The van der Waals surface area contributed by atoms with E-state index in [-0.39, 0.29) is 5.91 Å². The summed E-state index contributed by atoms with van der Waals surface area (Å²) in [5.74, 6) is -0.0552. The van der Waals surface area contributed by atoms with Crippen molar-refractivity contribution >= 4 is 17.2 Å². The predicted octanol–water partition coefficient (Wildman–Crippen LogP) is 4.36. The number of thiophene rings is 1. The first-order valence-corrected chi connectivity index (χ1v) is 9.39. The summed E-state index contributed by atoms with van der Waals surface area (Å²) < 4.78 is 2.02. The molecule has 0 spiro atoms. The van der Waals surface area contributed by atoms with Crippen LogP contribution >= 0.6 is 11.3 Å². The van der Waals surface area contributed by atoms with Crippen LogP contribution in [0.1, 0.15) is 28.8 Å². The van der Waals surface area contributed by atoms with E-state index in [9.17, 15) is 4.79 Å². The van der Waals surface area contributed by atoms with Crippen molar-refractivity contribution in [3.8, 4) is 0 Å². The van der Waals surface area contributed by atoms with E-state index in [1.54, 1.807) is 11.3 Å². The number of rotatable bonds is 6. The normalized spacial score (nSPS) is 11.6. The van der Waals surface area contributed by atoms with Gasteiger partial charge in [0.15, 0.2) is 0 Å². The third-order valence-electron chi connectivity index (χ3n) is 4.02. The number of benzene rings is 1. The second-order valence-corrected chi connectivity index (χ2v) is 7.14. The van der Waals surface area contributed by atoms with Gasteiger partial charge in [0.05, 0.1) is 0 Å². The molecule has 0 aliphatic heterocycles. The van der Waals surface area contributed by atoms with Crippen LogP contribution < -0.4 is 5.49 Å². The fourth-order valence-corrected chi connectivity index (χ4v) is 3.40. The van der Waals surface area contributed by atoms with E-state index in [1.807, 2.05) is 35.0 Å². The van der Waals surface area contributed by atoms with Gasteiger partial charge < -0.3 is 4.57 Å². The third-order valence-corrected chi connectivity index (χ3v) is 4.96. The predicted molar refractivity (Wildman–Crippen MR) is 103 cm³/mol. The van der Waals surface area contributed by atoms with Crippen LogP contribution in [0.2, 0.25) is 0 Å². The van der Waals surface area contributed by atoms with Gasteiger partial charge in [0, 0.05) is 24.0 Å². The zero-order valence-corrected chi connectivity index (χ0v) is 15.2. The minimum absolute atomic E-state index is 0.0552. The molecule has 3 rings (SSSR count). The lowest BCUT2D eigenvalue weighted by molar-refractivity contribution is -0.118. The summed E-state index contributed by atoms with van der Waals surface area (Å²) in [7, 11) is 0. The average molecular weight is 350 g/mol. The van der Waals surface area contributed by atoms with Gasteiger partial charge in [-0.3, -0.25) is 4.79 Å². The Bertz CT molecular complexity index is 877. The zero-order valence-electron chi connectivity index (χ0n) is 14.4. The fourth-order valence-electron chi connectivity index (χ4n) is 2.65. The molecule has 2 aromatic heterocycles. The Balaban J connectivity index is 1.67. The van der Waals surface area contributed by atoms with Crippen molar-refractivity contribution in [3.63, 3.8) is 0 Å². The summed E-state index contributed by atoms with van der Waals surface area (Å²) in [6.45, 7) is 2.79. The van der Waals surface area contributed by atoms with Crippen molar-refractivity contribution in [2.24, 2.45) is 4.99 Å². The first kappa shape index (κ1) is 17.4. The highest BCUT2D eigenvalue weighted by atomic mass is 32.1. The van der Waals surface area contributed by atoms with Gasteiger partial charge in [-0.1, -0.05) is 42.0 Å². The van der Waals surface area contributed by atoms with Crippen molar-refractivity contribution in [1.82, 2.24) is 4.57 Å². The minimum atomic E-state index is -0.0552. The Morgan fingerprint density at radius 3 is 2.68 bits per heavy atom. The number of amides is 1. The molecule has 1 amide bonds. The molecule has 0 radical (unpaired) electrons. The highest BCUT2D eigenvalue weighted by Gasteiger charge is 2.02. The number of carbonyl (C=O) groups is 1. The Kier molecular flexibility index (Phi) is 5.96. The van der Waals surface area contributed by atoms with E-state index in [4.69, 9.17) is 0 Å². The molecule has 4 heteroatoms. The minimum Gasteiger partial charge on any atom is -0.329 e. The lowest BCUT2D eigenvalue weighted by Gasteiger charge is -2.07. The Labute approximate surface area is 152 Å². The van der Waals surface area contributed by atoms with Crippen molar-refractivity contribution < 1.29 is 4.79 Å². The van der Waals surface area contributed by atoms with Crippen LogP contribution in [0.5, 0.6) is 0 Å². The molecule has 128 valence electrons. The van der Waals surface area contributed by atoms with Crippen LogP contribution in [0.15, 0.2) is 71.2 Å². The Hall–Kier alpha value is -2.46. The molecule has 0 fully saturated rings. The summed E-state index contributed by atoms with van der Waals surface area (Å²) >= 11 is 1.74. The van der Waals surface area contributed by atoms with Gasteiger partial charge in [-0.15, -0.1) is 11.3 Å². The number of pyridine rings is 1. The highest BCUT2D eigenvalue weighted by molar-refractivity contribution is 7.09. The van der Waals surface area contributed by atoms with Crippen molar-refractivity contribution in [2.75, 3.05) is 0 Å². The van der Waals surface area contributed by atoms with Crippen LogP contribution in [0.4, 0.5) is 0 Å². The van der Waals surface area contributed by atoms with E-state index in [1.165, 1.54) is 16.0 Å². The van der Waals surface area contributed by atoms with Crippen molar-refractivity contribution in [1.29, 1.82) is 0 Å². The zero-order chi connectivity index (χ0) is 17.5. The molecule has 3 aromatic rings. The fraction of sp³-hybridized carbons (Fsp3) is 0.238. The lowest BCUT2D eigenvalue weighted by Crippen LogP contribution is -2.22. The molecule has 25 heavy (non-hydrogen) atoms. The van der Waals surface area contributed by atoms with E-state index in [0.29, 0.717) is 18.5 Å². The number of nitrogens with zero attached hydrogens (tertiary/aromatic N) is 2. The van der Waals surface area contributed by atoms with Gasteiger partial charge in [-0.25, -0.2) is 0 Å². The van der Waals surface area contributed by atoms with Gasteiger partial charge in [0.1, 0.15) is 5.49 Å². The van der Waals surface area contributed by atoms with Gasteiger partial charge >= 0.3 is 0 Å². The molecular formula is C21H22N2OS. The maximum absolute atomic E-state index is 12.2. The van der Waals surface area contributed by atoms with E-state index in [0.717, 1.165) is 12.8 Å². The first-order valence-electron chi connectivity index (χ1n) is 8.52. The molecule has 2 heterocycles. The van der Waals surface area contributed by atoms with Crippen LogP contribution in [-0.2, 0) is 17.8 Å². The highest BCUT2D eigenvalue weighted by Crippen LogP contribution is 2.12. The smallest absolute Gasteiger partial charge is 0.247 e. The number of aryl methyl sites for hydroxylation is 2. The van der Waals surface area contributed by atoms with Crippen molar-refractivity contribution in [2.45, 2.75) is 32.7 Å². The van der Waals surface area contributed by atoms with Gasteiger partial charge in [0.25, 0.3) is 0 Å². The molecule has 0 aliphatic rings. The molecule has 0 bridgehead atoms. The van der Waals surface area contributed by atoms with Gasteiger partial charge in [-0.05, 0) is 48.9 Å². The Morgan fingerprint density at radius 2 is 1.92 bits per heavy atom. The van der Waals surface area contributed by atoms with E-state index in [2.05, 4.69) is 47.6 Å². The topological polar surface area (TPSA) is 34.4 Å². The van der Waals surface area contributed by atoms with Crippen LogP contribution in [-0.4, -0.2) is 10.5 Å². The largest absolute Gasteiger partial charge is 0.329 e. The molecule has 1 aromatic carbocycles. The summed E-state index contributed by atoms with van der Waals surface area (Å²) in [5, 5.41) is 2.07.